The monoisotopic (exact) mass is 370 g/mol. The number of fused-ring (bicyclic) bond motifs is 1. The second-order valence-electron chi connectivity index (χ2n) is 7.15. The van der Waals surface area contributed by atoms with E-state index in [1.54, 1.807) is 0 Å². The lowest BCUT2D eigenvalue weighted by molar-refractivity contribution is 0.292. The first-order chi connectivity index (χ1) is 13.7. The molecular weight excluding hydrogens is 344 g/mol. The lowest BCUT2D eigenvalue weighted by Gasteiger charge is -2.17. The highest BCUT2D eigenvalue weighted by Crippen LogP contribution is 2.26. The van der Waals surface area contributed by atoms with Crippen molar-refractivity contribution in [2.24, 2.45) is 0 Å². The predicted molar refractivity (Wildman–Crippen MR) is 115 cm³/mol. The summed E-state index contributed by atoms with van der Waals surface area (Å²) >= 11 is 0. The zero-order valence-electron chi connectivity index (χ0n) is 16.8. The molecule has 4 heteroatoms. The Morgan fingerprint density at radius 2 is 1.61 bits per heavy atom. The Labute approximate surface area is 166 Å². The highest BCUT2D eigenvalue weighted by molar-refractivity contribution is 5.71. The molecule has 0 aliphatic rings. The van der Waals surface area contributed by atoms with E-state index in [-0.39, 0.29) is 0 Å². The number of imidazole rings is 1. The van der Waals surface area contributed by atoms with Gasteiger partial charge in [0.2, 0.25) is 0 Å². The molecule has 0 amide bonds. The van der Waals surface area contributed by atoms with Gasteiger partial charge in [-0.05, 0) is 55.4 Å². The van der Waals surface area contributed by atoms with E-state index >= 15 is 0 Å². The van der Waals surface area contributed by atoms with Crippen LogP contribution in [-0.2, 0) is 6.54 Å². The zero-order valence-corrected chi connectivity index (χ0v) is 16.8. The number of benzene rings is 1. The molecule has 0 saturated heterocycles. The molecule has 0 N–H and O–H groups in total. The Morgan fingerprint density at radius 1 is 0.857 bits per heavy atom. The molecule has 4 aromatic rings. The van der Waals surface area contributed by atoms with Gasteiger partial charge in [-0.25, -0.2) is 4.98 Å². The Morgan fingerprint density at radius 3 is 2.36 bits per heavy atom. The molecule has 4 rings (SSSR count). The molecule has 0 radical (unpaired) electrons. The van der Waals surface area contributed by atoms with E-state index in [2.05, 4.69) is 94.8 Å². The number of pyridine rings is 2. The van der Waals surface area contributed by atoms with Gasteiger partial charge in [0.15, 0.2) is 0 Å². The molecule has 1 aromatic carbocycles. The third kappa shape index (κ3) is 3.69. The average Bonchev–Trinajstić information content (AvgIpc) is 3.16. The van der Waals surface area contributed by atoms with Crippen LogP contribution in [0.25, 0.3) is 28.0 Å². The van der Waals surface area contributed by atoms with Crippen molar-refractivity contribution in [2.45, 2.75) is 27.3 Å². The summed E-state index contributed by atoms with van der Waals surface area (Å²) in [6.07, 6.45) is 5.96. The molecular formula is C24H26N4. The summed E-state index contributed by atoms with van der Waals surface area (Å²) in [5.41, 5.74) is 7.95. The van der Waals surface area contributed by atoms with Crippen molar-refractivity contribution in [1.29, 1.82) is 0 Å². The van der Waals surface area contributed by atoms with Gasteiger partial charge < -0.3 is 0 Å². The van der Waals surface area contributed by atoms with Gasteiger partial charge in [0, 0.05) is 24.5 Å². The molecule has 0 aliphatic heterocycles. The van der Waals surface area contributed by atoms with Crippen molar-refractivity contribution in [1.82, 2.24) is 19.3 Å². The number of hydrogen-bond acceptors (Lipinski definition) is 3. The topological polar surface area (TPSA) is 33.4 Å². The molecule has 0 bridgehead atoms. The fraction of sp³-hybridized carbons (Fsp3) is 0.250. The first kappa shape index (κ1) is 18.4. The summed E-state index contributed by atoms with van der Waals surface area (Å²) in [4.78, 5) is 11.6. The van der Waals surface area contributed by atoms with Crippen LogP contribution < -0.4 is 0 Å². The van der Waals surface area contributed by atoms with Gasteiger partial charge in [0.05, 0.1) is 17.6 Å². The van der Waals surface area contributed by atoms with Crippen molar-refractivity contribution < 1.29 is 0 Å². The third-order valence-corrected chi connectivity index (χ3v) is 5.29. The van der Waals surface area contributed by atoms with Gasteiger partial charge in [-0.2, -0.15) is 0 Å². The second kappa shape index (κ2) is 7.95. The molecule has 0 saturated carbocycles. The van der Waals surface area contributed by atoms with Crippen LogP contribution in [0.1, 0.15) is 25.1 Å². The van der Waals surface area contributed by atoms with Crippen molar-refractivity contribution in [3.63, 3.8) is 0 Å². The van der Waals surface area contributed by atoms with E-state index in [1.165, 1.54) is 16.7 Å². The fourth-order valence-corrected chi connectivity index (χ4v) is 3.52. The maximum Gasteiger partial charge on any atom is 0.137 e. The van der Waals surface area contributed by atoms with Crippen LogP contribution in [-0.4, -0.2) is 32.4 Å². The Hall–Kier alpha value is -2.98. The predicted octanol–water partition coefficient (Wildman–Crippen LogP) is 5.21. The fourth-order valence-electron chi connectivity index (χ4n) is 3.52. The van der Waals surface area contributed by atoms with Gasteiger partial charge in [0.1, 0.15) is 5.65 Å². The minimum Gasteiger partial charge on any atom is -0.300 e. The maximum absolute atomic E-state index is 4.64. The molecule has 0 spiro atoms. The van der Waals surface area contributed by atoms with Crippen LogP contribution in [0.5, 0.6) is 0 Å². The van der Waals surface area contributed by atoms with E-state index in [0.29, 0.717) is 0 Å². The van der Waals surface area contributed by atoms with E-state index < -0.39 is 0 Å². The van der Waals surface area contributed by atoms with Crippen molar-refractivity contribution >= 4 is 5.65 Å². The number of nitrogens with zero attached hydrogens (tertiary/aromatic N) is 4. The highest BCUT2D eigenvalue weighted by atomic mass is 15.1. The van der Waals surface area contributed by atoms with Gasteiger partial charge >= 0.3 is 0 Å². The van der Waals surface area contributed by atoms with Crippen LogP contribution in [0.15, 0.2) is 67.1 Å². The minimum absolute atomic E-state index is 0.879. The molecule has 3 aromatic heterocycles. The summed E-state index contributed by atoms with van der Waals surface area (Å²) in [6.45, 7) is 9.42. The second-order valence-corrected chi connectivity index (χ2v) is 7.15. The quantitative estimate of drug-likeness (QED) is 0.467. The maximum atomic E-state index is 4.64. The largest absolute Gasteiger partial charge is 0.300 e. The van der Waals surface area contributed by atoms with Crippen LogP contribution in [0.2, 0.25) is 0 Å². The van der Waals surface area contributed by atoms with Crippen LogP contribution in [0, 0.1) is 6.92 Å². The van der Waals surface area contributed by atoms with E-state index in [9.17, 15) is 0 Å². The van der Waals surface area contributed by atoms with Crippen molar-refractivity contribution in [2.75, 3.05) is 13.1 Å². The molecule has 28 heavy (non-hydrogen) atoms. The average molecular weight is 371 g/mol. The SMILES string of the molecule is CCN(CC)Cc1cc(-c2ccn3c(-c4ccc(C)cc4)cnc3c2)ccn1. The Bertz CT molecular complexity index is 1080. The number of hydrogen-bond donors (Lipinski definition) is 0. The number of rotatable bonds is 6. The van der Waals surface area contributed by atoms with E-state index in [1.807, 2.05) is 12.4 Å². The van der Waals surface area contributed by atoms with Gasteiger partial charge in [-0.3, -0.25) is 14.3 Å². The van der Waals surface area contributed by atoms with Crippen molar-refractivity contribution in [3.05, 3.63) is 78.4 Å². The van der Waals surface area contributed by atoms with Crippen LogP contribution >= 0.6 is 0 Å². The first-order valence-corrected chi connectivity index (χ1v) is 9.89. The summed E-state index contributed by atoms with van der Waals surface area (Å²) < 4.78 is 2.15. The zero-order chi connectivity index (χ0) is 19.5. The van der Waals surface area contributed by atoms with Crippen LogP contribution in [0.3, 0.4) is 0 Å². The Balaban J connectivity index is 1.66. The smallest absolute Gasteiger partial charge is 0.137 e. The molecule has 4 nitrogen and oxygen atoms in total. The lowest BCUT2D eigenvalue weighted by atomic mass is 10.1. The molecule has 3 heterocycles. The minimum atomic E-state index is 0.879. The summed E-state index contributed by atoms with van der Waals surface area (Å²) in [5, 5.41) is 0. The molecule has 0 fully saturated rings. The lowest BCUT2D eigenvalue weighted by Crippen LogP contribution is -2.22. The highest BCUT2D eigenvalue weighted by Gasteiger charge is 2.09. The van der Waals surface area contributed by atoms with Gasteiger partial charge in [-0.15, -0.1) is 0 Å². The summed E-state index contributed by atoms with van der Waals surface area (Å²) in [7, 11) is 0. The van der Waals surface area contributed by atoms with E-state index in [0.717, 1.165) is 42.2 Å². The van der Waals surface area contributed by atoms with E-state index in [4.69, 9.17) is 0 Å². The standard InChI is InChI=1S/C24H26N4/c1-4-27(5-2)17-22-14-20(10-12-25-22)21-11-13-28-23(16-26-24(28)15-21)19-8-6-18(3)7-9-19/h6-16H,4-5,17H2,1-3H3. The normalized spacial score (nSPS) is 11.4. The van der Waals surface area contributed by atoms with Crippen molar-refractivity contribution in [3.8, 4) is 22.4 Å². The van der Waals surface area contributed by atoms with Crippen LogP contribution in [0.4, 0.5) is 0 Å². The summed E-state index contributed by atoms with van der Waals surface area (Å²) in [6, 6.07) is 17.1. The molecule has 0 aliphatic carbocycles. The Kier molecular flexibility index (Phi) is 5.22. The molecule has 0 atom stereocenters. The number of aryl methyl sites for hydroxylation is 1. The van der Waals surface area contributed by atoms with Gasteiger partial charge in [0.25, 0.3) is 0 Å². The van der Waals surface area contributed by atoms with Gasteiger partial charge in [-0.1, -0.05) is 43.7 Å². The summed E-state index contributed by atoms with van der Waals surface area (Å²) in [5.74, 6) is 0. The first-order valence-electron chi connectivity index (χ1n) is 9.89. The third-order valence-electron chi connectivity index (χ3n) is 5.29. The number of aromatic nitrogens is 3. The molecule has 142 valence electrons. The molecule has 0 unspecified atom stereocenters.